The van der Waals surface area contributed by atoms with Gasteiger partial charge in [-0.3, -0.25) is 13.9 Å². The fourth-order valence-electron chi connectivity index (χ4n) is 4.98. The van der Waals surface area contributed by atoms with Crippen molar-refractivity contribution >= 4 is 27.5 Å². The van der Waals surface area contributed by atoms with Gasteiger partial charge in [-0.05, 0) is 80.6 Å². The Bertz CT molecular complexity index is 1440. The van der Waals surface area contributed by atoms with Crippen molar-refractivity contribution in [1.29, 1.82) is 0 Å². The lowest BCUT2D eigenvalue weighted by molar-refractivity contribution is -0.139. The van der Waals surface area contributed by atoms with Gasteiger partial charge in [0.05, 0.1) is 10.6 Å². The SMILES string of the molecule is Cc1ccc(C)c(N(CC(=O)N(Cc2ccc(F)cc2)C(C)C(=O)NC2CCCC2)S(=O)(=O)c2ccccc2)c1. The Morgan fingerprint density at radius 3 is 2.27 bits per heavy atom. The van der Waals surface area contributed by atoms with Crippen molar-refractivity contribution in [3.05, 3.63) is 95.3 Å². The molecule has 4 rings (SSSR count). The molecule has 1 saturated carbocycles. The van der Waals surface area contributed by atoms with Crippen molar-refractivity contribution in [3.63, 3.8) is 0 Å². The van der Waals surface area contributed by atoms with Crippen molar-refractivity contribution in [2.24, 2.45) is 0 Å². The molecule has 212 valence electrons. The molecule has 3 aromatic rings. The van der Waals surface area contributed by atoms with Crippen LogP contribution in [-0.2, 0) is 26.2 Å². The molecule has 0 heterocycles. The van der Waals surface area contributed by atoms with Crippen LogP contribution in [0.5, 0.6) is 0 Å². The van der Waals surface area contributed by atoms with Crippen molar-refractivity contribution < 1.29 is 22.4 Å². The van der Waals surface area contributed by atoms with Crippen LogP contribution >= 0.6 is 0 Å². The first kappa shape index (κ1) is 29.3. The molecule has 3 aromatic carbocycles. The second-order valence-electron chi connectivity index (χ2n) is 10.4. The lowest BCUT2D eigenvalue weighted by Crippen LogP contribution is -2.52. The van der Waals surface area contributed by atoms with Crippen LogP contribution in [0.2, 0.25) is 0 Å². The first-order chi connectivity index (χ1) is 19.1. The number of sulfonamides is 1. The minimum absolute atomic E-state index is 0.0182. The monoisotopic (exact) mass is 565 g/mol. The van der Waals surface area contributed by atoms with Crippen LogP contribution in [0.4, 0.5) is 10.1 Å². The first-order valence-electron chi connectivity index (χ1n) is 13.6. The first-order valence-corrected chi connectivity index (χ1v) is 15.0. The second-order valence-corrected chi connectivity index (χ2v) is 12.3. The van der Waals surface area contributed by atoms with Gasteiger partial charge in [0.15, 0.2) is 0 Å². The van der Waals surface area contributed by atoms with E-state index < -0.39 is 34.3 Å². The van der Waals surface area contributed by atoms with Crippen molar-refractivity contribution in [3.8, 4) is 0 Å². The molecule has 0 radical (unpaired) electrons. The van der Waals surface area contributed by atoms with Crippen LogP contribution in [-0.4, -0.2) is 43.8 Å². The highest BCUT2D eigenvalue weighted by Gasteiger charge is 2.33. The van der Waals surface area contributed by atoms with Crippen LogP contribution in [0.1, 0.15) is 49.3 Å². The Hall–Kier alpha value is -3.72. The maximum absolute atomic E-state index is 14.0. The minimum atomic E-state index is -4.13. The molecule has 0 saturated heterocycles. The fraction of sp³-hybridized carbons (Fsp3) is 0.355. The van der Waals surface area contributed by atoms with Gasteiger partial charge in [0.2, 0.25) is 11.8 Å². The molecule has 40 heavy (non-hydrogen) atoms. The highest BCUT2D eigenvalue weighted by molar-refractivity contribution is 7.92. The van der Waals surface area contributed by atoms with Crippen LogP contribution in [0.25, 0.3) is 0 Å². The predicted molar refractivity (Wildman–Crippen MR) is 154 cm³/mol. The number of hydrogen-bond acceptors (Lipinski definition) is 4. The number of nitrogens with one attached hydrogen (secondary N) is 1. The second kappa shape index (κ2) is 12.6. The summed E-state index contributed by atoms with van der Waals surface area (Å²) < 4.78 is 42.6. The molecule has 0 aliphatic heterocycles. The number of rotatable bonds is 10. The summed E-state index contributed by atoms with van der Waals surface area (Å²) in [6.45, 7) is 4.79. The molecular weight excluding hydrogens is 529 g/mol. The van der Waals surface area contributed by atoms with E-state index in [0.29, 0.717) is 16.8 Å². The van der Waals surface area contributed by atoms with Gasteiger partial charge in [-0.25, -0.2) is 12.8 Å². The molecule has 1 atom stereocenters. The molecule has 0 spiro atoms. The van der Waals surface area contributed by atoms with Gasteiger partial charge in [-0.15, -0.1) is 0 Å². The number of anilines is 1. The largest absolute Gasteiger partial charge is 0.352 e. The Balaban J connectivity index is 1.70. The molecule has 1 unspecified atom stereocenters. The van der Waals surface area contributed by atoms with Crippen LogP contribution < -0.4 is 9.62 Å². The molecule has 2 amide bonds. The molecule has 1 aliphatic carbocycles. The van der Waals surface area contributed by atoms with Gasteiger partial charge < -0.3 is 10.2 Å². The lowest BCUT2D eigenvalue weighted by atomic mass is 10.1. The summed E-state index contributed by atoms with van der Waals surface area (Å²) in [5.41, 5.74) is 2.55. The lowest BCUT2D eigenvalue weighted by Gasteiger charge is -2.33. The number of aryl methyl sites for hydroxylation is 2. The smallest absolute Gasteiger partial charge is 0.264 e. The van der Waals surface area contributed by atoms with Crippen LogP contribution in [0.15, 0.2) is 77.7 Å². The Morgan fingerprint density at radius 1 is 0.975 bits per heavy atom. The van der Waals surface area contributed by atoms with Gasteiger partial charge >= 0.3 is 0 Å². The molecule has 1 aliphatic rings. The highest BCUT2D eigenvalue weighted by atomic mass is 32.2. The summed E-state index contributed by atoms with van der Waals surface area (Å²) in [5, 5.41) is 3.04. The topological polar surface area (TPSA) is 86.8 Å². The fourth-order valence-corrected chi connectivity index (χ4v) is 6.47. The van der Waals surface area contributed by atoms with E-state index in [-0.39, 0.29) is 23.4 Å². The molecule has 1 fully saturated rings. The van der Waals surface area contributed by atoms with E-state index in [1.807, 2.05) is 19.1 Å². The highest BCUT2D eigenvalue weighted by Crippen LogP contribution is 2.28. The van der Waals surface area contributed by atoms with Crippen molar-refractivity contribution in [2.75, 3.05) is 10.8 Å². The van der Waals surface area contributed by atoms with Gasteiger partial charge in [-0.1, -0.05) is 55.3 Å². The normalized spacial score (nSPS) is 14.5. The maximum atomic E-state index is 14.0. The standard InChI is InChI=1S/C31H36FN3O4S/c1-22-13-14-23(2)29(19-22)35(40(38,39)28-11-5-4-6-12-28)21-30(36)34(20-25-15-17-26(32)18-16-25)24(3)31(37)33-27-9-7-8-10-27/h4-6,11-19,24,27H,7-10,20-21H2,1-3H3,(H,33,37). The molecule has 0 aromatic heterocycles. The average Bonchev–Trinajstić information content (AvgIpc) is 3.45. The van der Waals surface area contributed by atoms with E-state index in [2.05, 4.69) is 5.32 Å². The summed E-state index contributed by atoms with van der Waals surface area (Å²) in [5.74, 6) is -1.26. The third-order valence-corrected chi connectivity index (χ3v) is 9.15. The molecule has 9 heteroatoms. The van der Waals surface area contributed by atoms with Crippen LogP contribution in [0, 0.1) is 19.7 Å². The Labute approximate surface area is 236 Å². The van der Waals surface area contributed by atoms with E-state index in [0.717, 1.165) is 35.6 Å². The number of carbonyl (C=O) groups excluding carboxylic acids is 2. The maximum Gasteiger partial charge on any atom is 0.264 e. The minimum Gasteiger partial charge on any atom is -0.352 e. The summed E-state index contributed by atoms with van der Waals surface area (Å²) in [4.78, 5) is 28.7. The van der Waals surface area contributed by atoms with Crippen molar-refractivity contribution in [2.45, 2.75) is 70.0 Å². The summed E-state index contributed by atoms with van der Waals surface area (Å²) in [6, 6.07) is 18.3. The van der Waals surface area contributed by atoms with Gasteiger partial charge in [0.1, 0.15) is 18.4 Å². The van der Waals surface area contributed by atoms with E-state index in [1.54, 1.807) is 50.2 Å². The quantitative estimate of drug-likeness (QED) is 0.370. The molecule has 0 bridgehead atoms. The molecular formula is C31H36FN3O4S. The summed E-state index contributed by atoms with van der Waals surface area (Å²) >= 11 is 0. The van der Waals surface area contributed by atoms with E-state index >= 15 is 0 Å². The summed E-state index contributed by atoms with van der Waals surface area (Å²) in [6.07, 6.45) is 3.86. The van der Waals surface area contributed by atoms with Gasteiger partial charge in [0.25, 0.3) is 10.0 Å². The number of hydrogen-bond donors (Lipinski definition) is 1. The number of nitrogens with zero attached hydrogens (tertiary/aromatic N) is 2. The summed E-state index contributed by atoms with van der Waals surface area (Å²) in [7, 11) is -4.13. The van der Waals surface area contributed by atoms with Crippen molar-refractivity contribution in [1.82, 2.24) is 10.2 Å². The van der Waals surface area contributed by atoms with E-state index in [4.69, 9.17) is 0 Å². The molecule has 1 N–H and O–H groups in total. The average molecular weight is 566 g/mol. The third-order valence-electron chi connectivity index (χ3n) is 7.38. The zero-order valence-corrected chi connectivity index (χ0v) is 24.0. The van der Waals surface area contributed by atoms with Gasteiger partial charge in [-0.2, -0.15) is 0 Å². The number of amides is 2. The zero-order chi connectivity index (χ0) is 28.9. The van der Waals surface area contributed by atoms with Crippen LogP contribution in [0.3, 0.4) is 0 Å². The number of carbonyl (C=O) groups is 2. The number of benzene rings is 3. The number of halogens is 1. The van der Waals surface area contributed by atoms with E-state index in [9.17, 15) is 22.4 Å². The van der Waals surface area contributed by atoms with Gasteiger partial charge in [0, 0.05) is 12.6 Å². The Kier molecular flexibility index (Phi) is 9.25. The molecule has 7 nitrogen and oxygen atoms in total. The third kappa shape index (κ3) is 6.88. The van der Waals surface area contributed by atoms with E-state index in [1.165, 1.54) is 29.2 Å². The predicted octanol–water partition coefficient (Wildman–Crippen LogP) is 5.11. The zero-order valence-electron chi connectivity index (χ0n) is 23.1. The Morgan fingerprint density at radius 2 is 1.62 bits per heavy atom.